The highest BCUT2D eigenvalue weighted by Gasteiger charge is 2.19. The first-order valence-electron chi connectivity index (χ1n) is 7.87. The molecule has 0 radical (unpaired) electrons. The number of hydrogen-bond acceptors (Lipinski definition) is 3. The van der Waals surface area contributed by atoms with E-state index in [1.165, 1.54) is 0 Å². The number of unbranched alkanes of at least 4 members (excludes halogenated alkanes) is 1. The monoisotopic (exact) mass is 312 g/mol. The predicted molar refractivity (Wildman–Crippen MR) is 89.1 cm³/mol. The summed E-state index contributed by atoms with van der Waals surface area (Å²) < 4.78 is 27.7. The summed E-state index contributed by atoms with van der Waals surface area (Å²) in [5.74, 6) is 0.408. The lowest BCUT2D eigenvalue weighted by Crippen LogP contribution is -2.30. The molecule has 0 amide bonds. The minimum Gasteiger partial charge on any atom is -0.384 e. The summed E-state index contributed by atoms with van der Waals surface area (Å²) >= 11 is 0. The molecule has 0 aromatic heterocycles. The molecule has 0 aliphatic rings. The normalized spacial score (nSPS) is 13.1. The smallest absolute Gasteiger partial charge is 0.242 e. The Morgan fingerprint density at radius 3 is 2.48 bits per heavy atom. The number of rotatable bonds is 10. The molecule has 0 saturated heterocycles. The average Bonchev–Trinajstić information content (AvgIpc) is 2.48. The number of benzene rings is 1. The second-order valence-electron chi connectivity index (χ2n) is 5.29. The number of sulfonamides is 1. The first-order valence-corrected chi connectivity index (χ1v) is 9.36. The van der Waals surface area contributed by atoms with Gasteiger partial charge in [0.2, 0.25) is 10.0 Å². The third-order valence-corrected chi connectivity index (χ3v) is 5.13. The van der Waals surface area contributed by atoms with Crippen molar-refractivity contribution >= 4 is 15.7 Å². The Hall–Kier alpha value is -1.07. The van der Waals surface area contributed by atoms with E-state index in [-0.39, 0.29) is 0 Å². The van der Waals surface area contributed by atoms with Crippen molar-refractivity contribution in [2.75, 3.05) is 18.4 Å². The number of nitrogens with one attached hydrogen (secondary N) is 2. The summed E-state index contributed by atoms with van der Waals surface area (Å²) in [7, 11) is -3.46. The molecule has 1 rings (SSSR count). The Morgan fingerprint density at radius 2 is 1.86 bits per heavy atom. The summed E-state index contributed by atoms with van der Waals surface area (Å²) in [5, 5.41) is 3.10. The van der Waals surface area contributed by atoms with Gasteiger partial charge in [-0.2, -0.15) is 0 Å². The van der Waals surface area contributed by atoms with Gasteiger partial charge >= 0.3 is 0 Å². The van der Waals surface area contributed by atoms with E-state index < -0.39 is 10.0 Å². The van der Waals surface area contributed by atoms with Gasteiger partial charge in [0.25, 0.3) is 0 Å². The van der Waals surface area contributed by atoms with E-state index in [1.807, 2.05) is 13.0 Å². The van der Waals surface area contributed by atoms with Gasteiger partial charge in [-0.3, -0.25) is 0 Å². The van der Waals surface area contributed by atoms with E-state index in [2.05, 4.69) is 23.9 Å². The molecule has 120 valence electrons. The minimum absolute atomic E-state index is 0.331. The zero-order chi connectivity index (χ0) is 15.7. The highest BCUT2D eigenvalue weighted by atomic mass is 32.2. The SMILES string of the molecule is CCCCC(CC)CNS(=O)(=O)c1ccccc1NCC. The Labute approximate surface area is 129 Å². The van der Waals surface area contributed by atoms with Crippen molar-refractivity contribution in [1.29, 1.82) is 0 Å². The quantitative estimate of drug-likeness (QED) is 0.694. The van der Waals surface area contributed by atoms with Gasteiger partial charge in [0.1, 0.15) is 4.90 Å². The Balaban J connectivity index is 2.77. The van der Waals surface area contributed by atoms with E-state index in [9.17, 15) is 8.42 Å². The molecule has 0 saturated carbocycles. The van der Waals surface area contributed by atoms with Crippen molar-refractivity contribution in [2.24, 2.45) is 5.92 Å². The van der Waals surface area contributed by atoms with Gasteiger partial charge in [-0.25, -0.2) is 13.1 Å². The van der Waals surface area contributed by atoms with Crippen molar-refractivity contribution in [1.82, 2.24) is 4.72 Å². The highest BCUT2D eigenvalue weighted by molar-refractivity contribution is 7.89. The van der Waals surface area contributed by atoms with Crippen molar-refractivity contribution in [3.8, 4) is 0 Å². The summed E-state index contributed by atoms with van der Waals surface area (Å²) in [5.41, 5.74) is 0.661. The molecule has 0 aliphatic carbocycles. The lowest BCUT2D eigenvalue weighted by atomic mass is 10.00. The van der Waals surface area contributed by atoms with Crippen LogP contribution in [0.4, 0.5) is 5.69 Å². The summed E-state index contributed by atoms with van der Waals surface area (Å²) in [6.07, 6.45) is 4.36. The molecular formula is C16H28N2O2S. The fourth-order valence-electron chi connectivity index (χ4n) is 2.29. The molecule has 21 heavy (non-hydrogen) atoms. The maximum Gasteiger partial charge on any atom is 0.242 e. The molecule has 1 unspecified atom stereocenters. The number of anilines is 1. The van der Waals surface area contributed by atoms with Gasteiger partial charge in [0.05, 0.1) is 5.69 Å². The van der Waals surface area contributed by atoms with Gasteiger partial charge in [-0.15, -0.1) is 0 Å². The van der Waals surface area contributed by atoms with Crippen LogP contribution in [0.3, 0.4) is 0 Å². The van der Waals surface area contributed by atoms with Crippen molar-refractivity contribution in [3.05, 3.63) is 24.3 Å². The Morgan fingerprint density at radius 1 is 1.14 bits per heavy atom. The van der Waals surface area contributed by atoms with Crippen LogP contribution >= 0.6 is 0 Å². The van der Waals surface area contributed by atoms with Crippen LogP contribution in [0.1, 0.15) is 46.5 Å². The maximum absolute atomic E-state index is 12.5. The largest absolute Gasteiger partial charge is 0.384 e. The maximum atomic E-state index is 12.5. The summed E-state index contributed by atoms with van der Waals surface area (Å²) in [4.78, 5) is 0.331. The predicted octanol–water partition coefficient (Wildman–Crippen LogP) is 3.61. The molecule has 0 fully saturated rings. The van der Waals surface area contributed by atoms with Crippen LogP contribution in [-0.2, 0) is 10.0 Å². The van der Waals surface area contributed by atoms with Gasteiger partial charge in [-0.1, -0.05) is 45.2 Å². The van der Waals surface area contributed by atoms with Crippen molar-refractivity contribution in [2.45, 2.75) is 51.3 Å². The van der Waals surface area contributed by atoms with Crippen LogP contribution in [-0.4, -0.2) is 21.5 Å². The molecule has 2 N–H and O–H groups in total. The zero-order valence-corrected chi connectivity index (χ0v) is 14.2. The molecule has 4 nitrogen and oxygen atoms in total. The first kappa shape index (κ1) is 18.0. The molecule has 1 atom stereocenters. The Kier molecular flexibility index (Phi) is 7.75. The molecule has 5 heteroatoms. The van der Waals surface area contributed by atoms with Gasteiger partial charge in [0, 0.05) is 13.1 Å². The topological polar surface area (TPSA) is 58.2 Å². The van der Waals surface area contributed by atoms with Crippen LogP contribution in [0.25, 0.3) is 0 Å². The van der Waals surface area contributed by atoms with Crippen molar-refractivity contribution < 1.29 is 8.42 Å². The van der Waals surface area contributed by atoms with Gasteiger partial charge in [0.15, 0.2) is 0 Å². The van der Waals surface area contributed by atoms with Crippen LogP contribution in [0.5, 0.6) is 0 Å². The second-order valence-corrected chi connectivity index (χ2v) is 7.03. The van der Waals surface area contributed by atoms with Gasteiger partial charge < -0.3 is 5.32 Å². The number of para-hydroxylation sites is 1. The summed E-state index contributed by atoms with van der Waals surface area (Å²) in [6, 6.07) is 7.04. The second kappa shape index (κ2) is 9.05. The molecule has 1 aromatic rings. The van der Waals surface area contributed by atoms with Crippen LogP contribution in [0.2, 0.25) is 0 Å². The lowest BCUT2D eigenvalue weighted by molar-refractivity contribution is 0.444. The number of hydrogen-bond donors (Lipinski definition) is 2. The Bertz CT molecular complexity index is 515. The van der Waals surface area contributed by atoms with E-state index in [1.54, 1.807) is 18.2 Å². The molecule has 0 bridgehead atoms. The van der Waals surface area contributed by atoms with E-state index in [0.717, 1.165) is 25.7 Å². The fourth-order valence-corrected chi connectivity index (χ4v) is 3.58. The molecule has 1 aromatic carbocycles. The standard InChI is InChI=1S/C16H28N2O2S/c1-4-7-10-14(5-2)13-18-21(19,20)16-12-9-8-11-15(16)17-6-3/h8-9,11-12,14,17-18H,4-7,10,13H2,1-3H3. The molecular weight excluding hydrogens is 284 g/mol. The third-order valence-electron chi connectivity index (χ3n) is 3.65. The highest BCUT2D eigenvalue weighted by Crippen LogP contribution is 2.21. The molecule has 0 aliphatic heterocycles. The van der Waals surface area contributed by atoms with E-state index >= 15 is 0 Å². The van der Waals surface area contributed by atoms with E-state index in [4.69, 9.17) is 0 Å². The zero-order valence-electron chi connectivity index (χ0n) is 13.4. The first-order chi connectivity index (χ1) is 10.0. The molecule has 0 heterocycles. The van der Waals surface area contributed by atoms with Crippen LogP contribution in [0, 0.1) is 5.92 Å². The summed E-state index contributed by atoms with van der Waals surface area (Å²) in [6.45, 7) is 7.43. The van der Waals surface area contributed by atoms with Crippen LogP contribution in [0.15, 0.2) is 29.2 Å². The van der Waals surface area contributed by atoms with Gasteiger partial charge in [-0.05, 0) is 31.4 Å². The lowest BCUT2D eigenvalue weighted by Gasteiger charge is -2.17. The van der Waals surface area contributed by atoms with Crippen molar-refractivity contribution in [3.63, 3.8) is 0 Å². The van der Waals surface area contributed by atoms with Crippen LogP contribution < -0.4 is 10.0 Å². The third kappa shape index (κ3) is 5.67. The molecule has 0 spiro atoms. The van der Waals surface area contributed by atoms with E-state index in [0.29, 0.717) is 29.6 Å². The minimum atomic E-state index is -3.46. The average molecular weight is 312 g/mol. The fraction of sp³-hybridized carbons (Fsp3) is 0.625.